The van der Waals surface area contributed by atoms with Gasteiger partial charge in [-0.1, -0.05) is 0 Å². The molecule has 0 amide bonds. The van der Waals surface area contributed by atoms with Crippen LogP contribution in [0.15, 0.2) is 23.1 Å². The van der Waals surface area contributed by atoms with Gasteiger partial charge in [0.15, 0.2) is 0 Å². The highest BCUT2D eigenvalue weighted by atomic mass is 32.2. The summed E-state index contributed by atoms with van der Waals surface area (Å²) in [7, 11) is 0. The van der Waals surface area contributed by atoms with Gasteiger partial charge in [0.1, 0.15) is 5.56 Å². The van der Waals surface area contributed by atoms with Crippen molar-refractivity contribution in [1.82, 2.24) is 4.57 Å². The van der Waals surface area contributed by atoms with Gasteiger partial charge < -0.3 is 9.67 Å². The Morgan fingerprint density at radius 1 is 1.60 bits per heavy atom. The second-order valence-corrected chi connectivity index (χ2v) is 4.06. The van der Waals surface area contributed by atoms with E-state index in [1.54, 1.807) is 24.0 Å². The number of nitrogens with zero attached hydrogens (tertiary/aromatic N) is 1. The quantitative estimate of drug-likeness (QED) is 0.770. The van der Waals surface area contributed by atoms with Crippen LogP contribution >= 0.6 is 11.8 Å². The second-order valence-electron chi connectivity index (χ2n) is 3.07. The topological polar surface area (TPSA) is 59.3 Å². The Morgan fingerprint density at radius 2 is 2.33 bits per heavy atom. The summed E-state index contributed by atoms with van der Waals surface area (Å²) in [5.41, 5.74) is -0.590. The van der Waals surface area contributed by atoms with Crippen LogP contribution in [-0.4, -0.2) is 27.7 Å². The van der Waals surface area contributed by atoms with Crippen molar-refractivity contribution in [2.75, 3.05) is 12.0 Å². The first-order valence-electron chi connectivity index (χ1n) is 4.58. The maximum Gasteiger partial charge on any atom is 0.341 e. The molecule has 0 saturated carbocycles. The fraction of sp³-hybridized carbons (Fsp3) is 0.400. The molecule has 0 spiro atoms. The van der Waals surface area contributed by atoms with Crippen LogP contribution in [0.2, 0.25) is 0 Å². The van der Waals surface area contributed by atoms with Gasteiger partial charge in [0, 0.05) is 12.7 Å². The van der Waals surface area contributed by atoms with Gasteiger partial charge in [0.2, 0.25) is 0 Å². The van der Waals surface area contributed by atoms with E-state index in [-0.39, 0.29) is 5.56 Å². The molecular formula is C10H13NO3S. The molecular weight excluding hydrogens is 214 g/mol. The number of carbonyl (C=O) groups is 1. The van der Waals surface area contributed by atoms with E-state index in [4.69, 9.17) is 5.11 Å². The molecule has 0 aliphatic rings. The molecule has 1 rings (SSSR count). The summed E-state index contributed by atoms with van der Waals surface area (Å²) in [6.07, 6.45) is 4.48. The monoisotopic (exact) mass is 227 g/mol. The lowest BCUT2D eigenvalue weighted by Gasteiger charge is -2.05. The molecule has 1 N–H and O–H groups in total. The van der Waals surface area contributed by atoms with Crippen LogP contribution in [0.5, 0.6) is 0 Å². The van der Waals surface area contributed by atoms with E-state index < -0.39 is 11.5 Å². The van der Waals surface area contributed by atoms with Crippen molar-refractivity contribution in [2.24, 2.45) is 0 Å². The lowest BCUT2D eigenvalue weighted by Crippen LogP contribution is -2.25. The Morgan fingerprint density at radius 3 is 2.93 bits per heavy atom. The number of pyridine rings is 1. The van der Waals surface area contributed by atoms with E-state index in [1.807, 2.05) is 6.26 Å². The normalized spacial score (nSPS) is 10.2. The predicted molar refractivity (Wildman–Crippen MR) is 60.7 cm³/mol. The maximum absolute atomic E-state index is 11.6. The zero-order valence-electron chi connectivity index (χ0n) is 8.47. The summed E-state index contributed by atoms with van der Waals surface area (Å²) in [6, 6.07) is 2.92. The second kappa shape index (κ2) is 5.60. The standard InChI is InChI=1S/C10H13NO3S/c1-15-7-3-6-11-5-2-4-8(9(11)12)10(13)14/h2,4-5H,3,6-7H2,1H3,(H,13,14). The number of aryl methyl sites for hydroxylation is 1. The lowest BCUT2D eigenvalue weighted by atomic mass is 10.3. The van der Waals surface area contributed by atoms with Gasteiger partial charge in [0.05, 0.1) is 0 Å². The van der Waals surface area contributed by atoms with Crippen LogP contribution in [0.4, 0.5) is 0 Å². The molecule has 0 aliphatic heterocycles. The third kappa shape index (κ3) is 3.13. The number of rotatable bonds is 5. The largest absolute Gasteiger partial charge is 0.477 e. The molecule has 1 heterocycles. The Balaban J connectivity index is 2.85. The van der Waals surface area contributed by atoms with Gasteiger partial charge in [-0.05, 0) is 30.6 Å². The Hall–Kier alpha value is -1.23. The minimum atomic E-state index is -1.17. The molecule has 0 fully saturated rings. The first-order valence-corrected chi connectivity index (χ1v) is 5.98. The third-order valence-electron chi connectivity index (χ3n) is 2.00. The summed E-state index contributed by atoms with van der Waals surface area (Å²) in [6.45, 7) is 0.570. The average Bonchev–Trinajstić information content (AvgIpc) is 2.20. The van der Waals surface area contributed by atoms with Gasteiger partial charge in [0.25, 0.3) is 5.56 Å². The zero-order valence-corrected chi connectivity index (χ0v) is 9.29. The van der Waals surface area contributed by atoms with Crippen LogP contribution in [0.1, 0.15) is 16.8 Å². The summed E-state index contributed by atoms with van der Waals surface area (Å²) < 4.78 is 1.44. The molecule has 1 aromatic heterocycles. The molecule has 15 heavy (non-hydrogen) atoms. The zero-order chi connectivity index (χ0) is 11.3. The SMILES string of the molecule is CSCCCn1cccc(C(=O)O)c1=O. The van der Waals surface area contributed by atoms with Crippen LogP contribution in [0.3, 0.4) is 0 Å². The van der Waals surface area contributed by atoms with Crippen molar-refractivity contribution in [3.05, 3.63) is 34.2 Å². The van der Waals surface area contributed by atoms with E-state index in [0.29, 0.717) is 6.54 Å². The molecule has 1 aromatic rings. The Labute approximate surface area is 91.9 Å². The molecule has 0 aromatic carbocycles. The molecule has 0 bridgehead atoms. The number of aromatic carboxylic acids is 1. The highest BCUT2D eigenvalue weighted by Gasteiger charge is 2.09. The first-order chi connectivity index (χ1) is 7.16. The van der Waals surface area contributed by atoms with Crippen molar-refractivity contribution in [3.63, 3.8) is 0 Å². The highest BCUT2D eigenvalue weighted by Crippen LogP contribution is 1.98. The molecule has 4 nitrogen and oxygen atoms in total. The van der Waals surface area contributed by atoms with Gasteiger partial charge in [-0.3, -0.25) is 4.79 Å². The number of hydrogen-bond acceptors (Lipinski definition) is 3. The van der Waals surface area contributed by atoms with E-state index in [2.05, 4.69) is 0 Å². The summed E-state index contributed by atoms with van der Waals surface area (Å²) in [5, 5.41) is 8.74. The third-order valence-corrected chi connectivity index (χ3v) is 2.69. The number of thioether (sulfide) groups is 1. The van der Waals surface area contributed by atoms with Crippen LogP contribution in [0.25, 0.3) is 0 Å². The number of hydrogen-bond donors (Lipinski definition) is 1. The van der Waals surface area contributed by atoms with Gasteiger partial charge in [-0.15, -0.1) is 0 Å². The smallest absolute Gasteiger partial charge is 0.341 e. The summed E-state index contributed by atoms with van der Waals surface area (Å²) in [4.78, 5) is 22.3. The highest BCUT2D eigenvalue weighted by molar-refractivity contribution is 7.98. The summed E-state index contributed by atoms with van der Waals surface area (Å²) >= 11 is 1.71. The Bertz CT molecular complexity index is 400. The summed E-state index contributed by atoms with van der Waals surface area (Å²) in [5.74, 6) is -0.205. The Kier molecular flexibility index (Phi) is 4.42. The fourth-order valence-corrected chi connectivity index (χ4v) is 1.67. The maximum atomic E-state index is 11.6. The van der Waals surface area contributed by atoms with E-state index in [9.17, 15) is 9.59 Å². The molecule has 0 atom stereocenters. The molecule has 82 valence electrons. The van der Waals surface area contributed by atoms with Crippen molar-refractivity contribution in [3.8, 4) is 0 Å². The molecule has 0 aliphatic carbocycles. The molecule has 5 heteroatoms. The van der Waals surface area contributed by atoms with E-state index in [1.165, 1.54) is 10.6 Å². The first kappa shape index (κ1) is 11.8. The van der Waals surface area contributed by atoms with Crippen LogP contribution < -0.4 is 5.56 Å². The average molecular weight is 227 g/mol. The van der Waals surface area contributed by atoms with Crippen molar-refractivity contribution >= 4 is 17.7 Å². The minimum Gasteiger partial charge on any atom is -0.477 e. The van der Waals surface area contributed by atoms with E-state index in [0.717, 1.165) is 12.2 Å². The van der Waals surface area contributed by atoms with Crippen LogP contribution in [-0.2, 0) is 6.54 Å². The van der Waals surface area contributed by atoms with Gasteiger partial charge in [-0.2, -0.15) is 11.8 Å². The molecule has 0 saturated heterocycles. The molecule has 0 unspecified atom stereocenters. The van der Waals surface area contributed by atoms with Crippen LogP contribution in [0, 0.1) is 0 Å². The predicted octanol–water partition coefficient (Wildman–Crippen LogP) is 1.30. The van der Waals surface area contributed by atoms with Crippen molar-refractivity contribution in [2.45, 2.75) is 13.0 Å². The van der Waals surface area contributed by atoms with Crippen molar-refractivity contribution < 1.29 is 9.90 Å². The van der Waals surface area contributed by atoms with Gasteiger partial charge in [-0.25, -0.2) is 4.79 Å². The number of carboxylic acid groups (broad SMARTS) is 1. The number of carboxylic acids is 1. The fourth-order valence-electron chi connectivity index (χ4n) is 1.25. The molecule has 0 radical (unpaired) electrons. The number of aromatic nitrogens is 1. The van der Waals surface area contributed by atoms with Gasteiger partial charge >= 0.3 is 5.97 Å². The minimum absolute atomic E-state index is 0.165. The lowest BCUT2D eigenvalue weighted by molar-refractivity contribution is 0.0694. The van der Waals surface area contributed by atoms with E-state index >= 15 is 0 Å². The van der Waals surface area contributed by atoms with Crippen molar-refractivity contribution in [1.29, 1.82) is 0 Å².